The highest BCUT2D eigenvalue weighted by Gasteiger charge is 2.21. The van der Waals surface area contributed by atoms with Crippen LogP contribution in [0.4, 0.5) is 4.39 Å². The highest BCUT2D eigenvalue weighted by atomic mass is 19.1. The number of hydrogen-bond donors (Lipinski definition) is 1. The summed E-state index contributed by atoms with van der Waals surface area (Å²) in [4.78, 5) is 11.4. The molecule has 92 valence electrons. The van der Waals surface area contributed by atoms with Crippen LogP contribution in [0.1, 0.15) is 18.4 Å². The number of benzene rings is 1. The maximum atomic E-state index is 13.0. The van der Waals surface area contributed by atoms with Crippen LogP contribution in [-0.4, -0.2) is 19.1 Å². The summed E-state index contributed by atoms with van der Waals surface area (Å²) in [5.74, 6) is 0.561. The topological polar surface area (TPSA) is 38.3 Å². The van der Waals surface area contributed by atoms with Crippen LogP contribution in [0.25, 0.3) is 0 Å². The van der Waals surface area contributed by atoms with Gasteiger partial charge in [0.2, 0.25) is 0 Å². The fourth-order valence-electron chi connectivity index (χ4n) is 1.50. The maximum Gasteiger partial charge on any atom is 0.257 e. The summed E-state index contributed by atoms with van der Waals surface area (Å²) in [6.07, 6.45) is 2.40. The minimum absolute atomic E-state index is 0.0585. The van der Waals surface area contributed by atoms with E-state index < -0.39 is 0 Å². The van der Waals surface area contributed by atoms with Crippen LogP contribution >= 0.6 is 0 Å². The Labute approximate surface area is 100.0 Å². The number of rotatable bonds is 5. The lowest BCUT2D eigenvalue weighted by Gasteiger charge is -2.09. The number of amides is 1. The van der Waals surface area contributed by atoms with Crippen molar-refractivity contribution in [3.8, 4) is 5.75 Å². The highest BCUT2D eigenvalue weighted by molar-refractivity contribution is 5.77. The van der Waals surface area contributed by atoms with Gasteiger partial charge in [-0.2, -0.15) is 0 Å². The molecule has 0 heterocycles. The second kappa shape index (κ2) is 5.17. The van der Waals surface area contributed by atoms with Gasteiger partial charge in [-0.05, 0) is 37.3 Å². The van der Waals surface area contributed by atoms with Crippen molar-refractivity contribution in [3.63, 3.8) is 0 Å². The molecule has 0 radical (unpaired) electrons. The number of ether oxygens (including phenoxy) is 1. The fraction of sp³-hybridized carbons (Fsp3) is 0.462. The summed E-state index contributed by atoms with van der Waals surface area (Å²) in [5, 5.41) is 2.79. The van der Waals surface area contributed by atoms with Gasteiger partial charge in [0.25, 0.3) is 5.91 Å². The molecule has 0 aliphatic heterocycles. The van der Waals surface area contributed by atoms with Gasteiger partial charge in [0.15, 0.2) is 6.61 Å². The number of halogens is 1. The van der Waals surface area contributed by atoms with Crippen molar-refractivity contribution in [3.05, 3.63) is 29.6 Å². The van der Waals surface area contributed by atoms with Gasteiger partial charge in [-0.15, -0.1) is 0 Å². The highest BCUT2D eigenvalue weighted by Crippen LogP contribution is 2.27. The largest absolute Gasteiger partial charge is 0.483 e. The van der Waals surface area contributed by atoms with E-state index in [0.29, 0.717) is 11.7 Å². The Kier molecular flexibility index (Phi) is 3.61. The number of carbonyl (C=O) groups is 1. The van der Waals surface area contributed by atoms with Crippen LogP contribution in [-0.2, 0) is 4.79 Å². The van der Waals surface area contributed by atoms with E-state index in [1.807, 2.05) is 6.92 Å². The third kappa shape index (κ3) is 3.73. The molecule has 1 N–H and O–H groups in total. The summed E-state index contributed by atoms with van der Waals surface area (Å²) in [7, 11) is 0. The van der Waals surface area contributed by atoms with E-state index in [9.17, 15) is 9.18 Å². The molecule has 1 saturated carbocycles. The molecule has 0 saturated heterocycles. The average Bonchev–Trinajstić information content (AvgIpc) is 3.11. The number of nitrogens with one attached hydrogen (secondary N) is 1. The van der Waals surface area contributed by atoms with Crippen molar-refractivity contribution in [2.45, 2.75) is 19.8 Å². The molecule has 0 atom stereocenters. The molecule has 1 fully saturated rings. The van der Waals surface area contributed by atoms with Crippen molar-refractivity contribution in [1.29, 1.82) is 0 Å². The predicted octanol–water partition coefficient (Wildman–Crippen LogP) is 2.04. The maximum absolute atomic E-state index is 13.0. The molecule has 0 bridgehead atoms. The van der Waals surface area contributed by atoms with E-state index >= 15 is 0 Å². The summed E-state index contributed by atoms with van der Waals surface area (Å²) in [6.45, 7) is 2.48. The smallest absolute Gasteiger partial charge is 0.257 e. The molecule has 1 aliphatic carbocycles. The Hall–Kier alpha value is -1.58. The Morgan fingerprint density at radius 1 is 1.53 bits per heavy atom. The Morgan fingerprint density at radius 3 is 3.00 bits per heavy atom. The fourth-order valence-corrected chi connectivity index (χ4v) is 1.50. The molecular formula is C13H16FNO2. The molecule has 1 aromatic rings. The summed E-state index contributed by atoms with van der Waals surface area (Å²) < 4.78 is 18.2. The lowest BCUT2D eigenvalue weighted by molar-refractivity contribution is -0.123. The summed E-state index contributed by atoms with van der Waals surface area (Å²) in [5.41, 5.74) is 0.821. The molecule has 4 heteroatoms. The molecule has 1 aromatic carbocycles. The number of carbonyl (C=O) groups excluding carboxylic acids is 1. The van der Waals surface area contributed by atoms with Crippen LogP contribution in [0.3, 0.4) is 0 Å². The molecule has 0 unspecified atom stereocenters. The number of hydrogen-bond acceptors (Lipinski definition) is 2. The lowest BCUT2D eigenvalue weighted by Crippen LogP contribution is -2.30. The monoisotopic (exact) mass is 237 g/mol. The van der Waals surface area contributed by atoms with E-state index in [0.717, 1.165) is 12.1 Å². The minimum atomic E-state index is -0.357. The van der Waals surface area contributed by atoms with E-state index in [2.05, 4.69) is 5.32 Å². The van der Waals surface area contributed by atoms with Gasteiger partial charge in [-0.1, -0.05) is 6.07 Å². The third-order valence-electron chi connectivity index (χ3n) is 2.79. The first-order valence-electron chi connectivity index (χ1n) is 5.81. The van der Waals surface area contributed by atoms with E-state index in [-0.39, 0.29) is 18.3 Å². The summed E-state index contributed by atoms with van der Waals surface area (Å²) >= 11 is 0. The van der Waals surface area contributed by atoms with Crippen molar-refractivity contribution in [2.24, 2.45) is 5.92 Å². The molecule has 3 nitrogen and oxygen atoms in total. The lowest BCUT2D eigenvalue weighted by atomic mass is 10.2. The van der Waals surface area contributed by atoms with Crippen molar-refractivity contribution >= 4 is 5.91 Å². The molecule has 1 aliphatic rings. The van der Waals surface area contributed by atoms with Crippen LogP contribution in [0.5, 0.6) is 5.75 Å². The second-order valence-electron chi connectivity index (χ2n) is 4.45. The zero-order valence-electron chi connectivity index (χ0n) is 9.83. The van der Waals surface area contributed by atoms with E-state index in [4.69, 9.17) is 4.74 Å². The minimum Gasteiger partial charge on any atom is -0.483 e. The zero-order chi connectivity index (χ0) is 12.3. The van der Waals surface area contributed by atoms with Gasteiger partial charge in [0.05, 0.1) is 0 Å². The van der Waals surface area contributed by atoms with Crippen molar-refractivity contribution in [1.82, 2.24) is 5.32 Å². The summed E-state index contributed by atoms with van der Waals surface area (Å²) in [6, 6.07) is 4.30. The van der Waals surface area contributed by atoms with Gasteiger partial charge in [0, 0.05) is 12.6 Å². The normalized spacial score (nSPS) is 14.5. The first-order chi connectivity index (χ1) is 8.15. The van der Waals surface area contributed by atoms with Crippen molar-refractivity contribution in [2.75, 3.05) is 13.2 Å². The predicted molar refractivity (Wildman–Crippen MR) is 62.4 cm³/mol. The van der Waals surface area contributed by atoms with Gasteiger partial charge in [-0.25, -0.2) is 4.39 Å². The third-order valence-corrected chi connectivity index (χ3v) is 2.79. The Morgan fingerprint density at radius 2 is 2.29 bits per heavy atom. The van der Waals surface area contributed by atoms with Gasteiger partial charge in [0.1, 0.15) is 11.6 Å². The van der Waals surface area contributed by atoms with Crippen LogP contribution in [0.15, 0.2) is 18.2 Å². The van der Waals surface area contributed by atoms with Gasteiger partial charge < -0.3 is 10.1 Å². The Balaban J connectivity index is 1.79. The average molecular weight is 237 g/mol. The quantitative estimate of drug-likeness (QED) is 0.851. The Bertz CT molecular complexity index is 416. The SMILES string of the molecule is Cc1ccc(F)cc1OCC(=O)NCC1CC1. The molecule has 1 amide bonds. The first kappa shape index (κ1) is 11.9. The molecule has 17 heavy (non-hydrogen) atoms. The van der Waals surface area contributed by atoms with Crippen LogP contribution < -0.4 is 10.1 Å². The van der Waals surface area contributed by atoms with E-state index in [1.165, 1.54) is 25.0 Å². The molecular weight excluding hydrogens is 221 g/mol. The standard InChI is InChI=1S/C13H16FNO2/c1-9-2-5-11(14)6-12(9)17-8-13(16)15-7-10-3-4-10/h2,5-6,10H,3-4,7-8H2,1H3,(H,15,16). The molecule has 2 rings (SSSR count). The van der Waals surface area contributed by atoms with Gasteiger partial charge in [-0.3, -0.25) is 4.79 Å². The van der Waals surface area contributed by atoms with Gasteiger partial charge >= 0.3 is 0 Å². The zero-order valence-corrected chi connectivity index (χ0v) is 9.83. The van der Waals surface area contributed by atoms with Crippen LogP contribution in [0.2, 0.25) is 0 Å². The molecule has 0 aromatic heterocycles. The van der Waals surface area contributed by atoms with Crippen LogP contribution in [0, 0.1) is 18.7 Å². The molecule has 0 spiro atoms. The van der Waals surface area contributed by atoms with E-state index in [1.54, 1.807) is 6.07 Å². The second-order valence-corrected chi connectivity index (χ2v) is 4.45. The first-order valence-corrected chi connectivity index (χ1v) is 5.81. The number of aryl methyl sites for hydroxylation is 1. The van der Waals surface area contributed by atoms with Crippen molar-refractivity contribution < 1.29 is 13.9 Å².